The van der Waals surface area contributed by atoms with Gasteiger partial charge in [-0.3, -0.25) is 9.59 Å². The number of sulfone groups is 1. The van der Waals surface area contributed by atoms with E-state index in [2.05, 4.69) is 5.32 Å². The Morgan fingerprint density at radius 1 is 1.14 bits per heavy atom. The van der Waals surface area contributed by atoms with Gasteiger partial charge in [-0.15, -0.1) is 0 Å². The van der Waals surface area contributed by atoms with Gasteiger partial charge in [0.25, 0.3) is 0 Å². The van der Waals surface area contributed by atoms with Crippen LogP contribution >= 0.6 is 0 Å². The summed E-state index contributed by atoms with van der Waals surface area (Å²) in [6.07, 6.45) is 6.31. The molecule has 126 valence electrons. The average molecular weight is 330 g/mol. The summed E-state index contributed by atoms with van der Waals surface area (Å²) in [5.74, 6) is 0.110. The largest absolute Gasteiger partial charge is 0.359 e. The minimum atomic E-state index is -3.16. The van der Waals surface area contributed by atoms with Crippen molar-refractivity contribution in [2.24, 2.45) is 5.92 Å². The summed E-state index contributed by atoms with van der Waals surface area (Å²) in [5.41, 5.74) is 0. The van der Waals surface area contributed by atoms with Crippen molar-refractivity contribution in [3.63, 3.8) is 0 Å². The van der Waals surface area contributed by atoms with Crippen molar-refractivity contribution in [1.82, 2.24) is 10.2 Å². The molecule has 0 radical (unpaired) electrons. The molecule has 1 aliphatic heterocycles. The summed E-state index contributed by atoms with van der Waals surface area (Å²) in [5, 5.41) is 2.51. The number of hydrogen-bond donors (Lipinski definition) is 1. The molecule has 22 heavy (non-hydrogen) atoms. The predicted molar refractivity (Wildman–Crippen MR) is 84.0 cm³/mol. The summed E-state index contributed by atoms with van der Waals surface area (Å²) in [6, 6.07) is -0.519. The Balaban J connectivity index is 2.01. The van der Waals surface area contributed by atoms with Crippen LogP contribution in [-0.4, -0.2) is 56.3 Å². The van der Waals surface area contributed by atoms with E-state index in [1.807, 2.05) is 0 Å². The lowest BCUT2D eigenvalue weighted by Crippen LogP contribution is -2.52. The third-order valence-electron chi connectivity index (χ3n) is 4.74. The Hall–Kier alpha value is -1.11. The van der Waals surface area contributed by atoms with Crippen LogP contribution in [0.3, 0.4) is 0 Å². The van der Waals surface area contributed by atoms with Crippen LogP contribution in [0.4, 0.5) is 0 Å². The van der Waals surface area contributed by atoms with Crippen molar-refractivity contribution in [1.29, 1.82) is 0 Å². The molecule has 2 aliphatic rings. The fourth-order valence-corrected chi connectivity index (χ4v) is 4.98. The molecule has 1 unspecified atom stereocenters. The highest BCUT2D eigenvalue weighted by Gasteiger charge is 2.35. The first-order valence-electron chi connectivity index (χ1n) is 8.12. The lowest BCUT2D eigenvalue weighted by atomic mass is 9.86. The highest BCUT2D eigenvalue weighted by molar-refractivity contribution is 7.91. The van der Waals surface area contributed by atoms with Gasteiger partial charge in [0, 0.05) is 26.4 Å². The van der Waals surface area contributed by atoms with Crippen molar-refractivity contribution < 1.29 is 18.0 Å². The normalized spacial score (nSPS) is 25.7. The van der Waals surface area contributed by atoms with E-state index in [1.54, 1.807) is 4.90 Å². The molecule has 1 saturated heterocycles. The van der Waals surface area contributed by atoms with E-state index >= 15 is 0 Å². The van der Waals surface area contributed by atoms with Gasteiger partial charge in [-0.05, 0) is 18.8 Å². The molecule has 1 heterocycles. The highest BCUT2D eigenvalue weighted by atomic mass is 32.2. The Bertz CT molecular complexity index is 512. The maximum Gasteiger partial charge on any atom is 0.223 e. The van der Waals surface area contributed by atoms with E-state index in [-0.39, 0.29) is 36.3 Å². The fourth-order valence-electron chi connectivity index (χ4n) is 3.46. The molecule has 2 fully saturated rings. The summed E-state index contributed by atoms with van der Waals surface area (Å²) in [4.78, 5) is 25.8. The second kappa shape index (κ2) is 7.44. The fraction of sp³-hybridized carbons (Fsp3) is 0.867. The van der Waals surface area contributed by atoms with Crippen LogP contribution in [0, 0.1) is 5.92 Å². The van der Waals surface area contributed by atoms with Gasteiger partial charge in [0.1, 0.15) is 0 Å². The Kier molecular flexibility index (Phi) is 5.83. The van der Waals surface area contributed by atoms with Crippen LogP contribution < -0.4 is 5.32 Å². The first kappa shape index (κ1) is 17.2. The molecular weight excluding hydrogens is 304 g/mol. The lowest BCUT2D eigenvalue weighted by Gasteiger charge is -2.36. The Morgan fingerprint density at radius 2 is 1.82 bits per heavy atom. The van der Waals surface area contributed by atoms with Crippen LogP contribution in [0.25, 0.3) is 0 Å². The monoisotopic (exact) mass is 330 g/mol. The highest BCUT2D eigenvalue weighted by Crippen LogP contribution is 2.28. The summed E-state index contributed by atoms with van der Waals surface area (Å²) >= 11 is 0. The maximum absolute atomic E-state index is 12.6. The van der Waals surface area contributed by atoms with Crippen molar-refractivity contribution in [2.45, 2.75) is 51.0 Å². The van der Waals surface area contributed by atoms with Crippen LogP contribution in [0.5, 0.6) is 0 Å². The molecule has 6 nitrogen and oxygen atoms in total. The standard InChI is InChI=1S/C15H26N2O4S/c1-16-14(18)10-13-11-22(20,21)8-7-17(13)15(19)9-12-5-3-2-4-6-12/h12-13H,2-11H2,1H3,(H,16,18). The number of nitrogens with zero attached hydrogens (tertiary/aromatic N) is 1. The number of carbonyl (C=O) groups excluding carboxylic acids is 2. The summed E-state index contributed by atoms with van der Waals surface area (Å²) in [7, 11) is -1.64. The van der Waals surface area contributed by atoms with Gasteiger partial charge in [0.2, 0.25) is 11.8 Å². The maximum atomic E-state index is 12.6. The van der Waals surface area contributed by atoms with Crippen LogP contribution in [0.1, 0.15) is 44.9 Å². The molecular formula is C15H26N2O4S. The van der Waals surface area contributed by atoms with E-state index in [0.29, 0.717) is 12.3 Å². The van der Waals surface area contributed by atoms with Crippen molar-refractivity contribution in [2.75, 3.05) is 25.1 Å². The van der Waals surface area contributed by atoms with E-state index < -0.39 is 15.9 Å². The zero-order chi connectivity index (χ0) is 16.2. The molecule has 0 aromatic heterocycles. The lowest BCUT2D eigenvalue weighted by molar-refractivity contribution is -0.135. The number of rotatable bonds is 4. The Labute approximate surface area is 132 Å². The van der Waals surface area contributed by atoms with E-state index in [4.69, 9.17) is 0 Å². The summed E-state index contributed by atoms with van der Waals surface area (Å²) in [6.45, 7) is 0.218. The minimum Gasteiger partial charge on any atom is -0.359 e. The smallest absolute Gasteiger partial charge is 0.223 e. The molecule has 0 aromatic carbocycles. The molecule has 2 amide bonds. The summed E-state index contributed by atoms with van der Waals surface area (Å²) < 4.78 is 23.6. The molecule has 0 aromatic rings. The minimum absolute atomic E-state index is 0.00759. The van der Waals surface area contributed by atoms with Gasteiger partial charge < -0.3 is 10.2 Å². The van der Waals surface area contributed by atoms with E-state index in [0.717, 1.165) is 12.8 Å². The van der Waals surface area contributed by atoms with E-state index in [1.165, 1.54) is 26.3 Å². The SMILES string of the molecule is CNC(=O)CC1CS(=O)(=O)CCN1C(=O)CC1CCCCC1. The molecule has 1 aliphatic carbocycles. The average Bonchev–Trinajstić information content (AvgIpc) is 2.47. The molecule has 1 atom stereocenters. The van der Waals surface area contributed by atoms with Crippen molar-refractivity contribution in [3.05, 3.63) is 0 Å². The third-order valence-corrected chi connectivity index (χ3v) is 6.44. The van der Waals surface area contributed by atoms with Crippen LogP contribution in [0.15, 0.2) is 0 Å². The predicted octanol–water partition coefficient (Wildman–Crippen LogP) is 0.719. The molecule has 1 N–H and O–H groups in total. The zero-order valence-electron chi connectivity index (χ0n) is 13.2. The second-order valence-electron chi connectivity index (χ2n) is 6.44. The molecule has 0 bridgehead atoms. The van der Waals surface area contributed by atoms with Gasteiger partial charge in [-0.25, -0.2) is 8.42 Å². The molecule has 0 spiro atoms. The van der Waals surface area contributed by atoms with Gasteiger partial charge in [-0.1, -0.05) is 19.3 Å². The van der Waals surface area contributed by atoms with Crippen molar-refractivity contribution in [3.8, 4) is 0 Å². The second-order valence-corrected chi connectivity index (χ2v) is 8.67. The molecule has 1 saturated carbocycles. The van der Waals surface area contributed by atoms with Gasteiger partial charge in [0.05, 0.1) is 17.5 Å². The van der Waals surface area contributed by atoms with E-state index in [9.17, 15) is 18.0 Å². The quantitative estimate of drug-likeness (QED) is 0.823. The first-order valence-corrected chi connectivity index (χ1v) is 9.94. The third kappa shape index (κ3) is 4.69. The Morgan fingerprint density at radius 3 is 2.45 bits per heavy atom. The topological polar surface area (TPSA) is 83.6 Å². The van der Waals surface area contributed by atoms with Gasteiger partial charge in [0.15, 0.2) is 9.84 Å². The number of carbonyl (C=O) groups is 2. The molecule has 2 rings (SSSR count). The zero-order valence-corrected chi connectivity index (χ0v) is 14.0. The van der Waals surface area contributed by atoms with Crippen molar-refractivity contribution >= 4 is 21.7 Å². The number of nitrogens with one attached hydrogen (secondary N) is 1. The molecule has 7 heteroatoms. The first-order chi connectivity index (χ1) is 10.4. The van der Waals surface area contributed by atoms with Gasteiger partial charge in [-0.2, -0.15) is 0 Å². The van der Waals surface area contributed by atoms with Crippen LogP contribution in [-0.2, 0) is 19.4 Å². The number of amides is 2. The van der Waals surface area contributed by atoms with Crippen LogP contribution in [0.2, 0.25) is 0 Å². The number of hydrogen-bond acceptors (Lipinski definition) is 4. The van der Waals surface area contributed by atoms with Gasteiger partial charge >= 0.3 is 0 Å².